The van der Waals surface area contributed by atoms with Gasteiger partial charge in [0.05, 0.1) is 12.7 Å². The molecule has 2 heterocycles. The third-order valence-electron chi connectivity index (χ3n) is 7.28. The van der Waals surface area contributed by atoms with E-state index in [9.17, 15) is 10.1 Å². The van der Waals surface area contributed by atoms with Crippen molar-refractivity contribution in [3.63, 3.8) is 0 Å². The largest absolute Gasteiger partial charge is 0.414 e. The molecule has 10 heteroatoms. The van der Waals surface area contributed by atoms with Crippen LogP contribution in [0.4, 0.5) is 5.82 Å². The van der Waals surface area contributed by atoms with E-state index in [4.69, 9.17) is 19.3 Å². The van der Waals surface area contributed by atoms with E-state index in [0.29, 0.717) is 0 Å². The van der Waals surface area contributed by atoms with E-state index in [-0.39, 0.29) is 22.5 Å². The third kappa shape index (κ3) is 5.51. The van der Waals surface area contributed by atoms with Crippen molar-refractivity contribution in [2.45, 2.75) is 96.2 Å². The summed E-state index contributed by atoms with van der Waals surface area (Å²) in [6, 6.07) is 3.94. The molecule has 8 nitrogen and oxygen atoms in total. The molecule has 32 heavy (non-hydrogen) atoms. The maximum atomic E-state index is 12.6. The lowest BCUT2D eigenvalue weighted by molar-refractivity contribution is -0.0490. The second kappa shape index (κ2) is 9.02. The van der Waals surface area contributed by atoms with Crippen molar-refractivity contribution in [1.82, 2.24) is 9.55 Å². The van der Waals surface area contributed by atoms with Gasteiger partial charge < -0.3 is 19.3 Å². The van der Waals surface area contributed by atoms with Gasteiger partial charge in [-0.25, -0.2) is 4.79 Å². The Labute approximate surface area is 194 Å². The SMILES string of the molecule is CC(C)(C)[Si](C)(C)OCC1OC(n2ccc(N)nc2=O)C(O[Si](C)(C)C(C)(C)C)C1C#N. The predicted molar refractivity (Wildman–Crippen MR) is 131 cm³/mol. The van der Waals surface area contributed by atoms with Crippen LogP contribution in [0.25, 0.3) is 0 Å². The van der Waals surface area contributed by atoms with Crippen molar-refractivity contribution >= 4 is 22.5 Å². The van der Waals surface area contributed by atoms with E-state index >= 15 is 0 Å². The number of hydrogen-bond acceptors (Lipinski definition) is 7. The Morgan fingerprint density at radius 3 is 2.19 bits per heavy atom. The van der Waals surface area contributed by atoms with Gasteiger partial charge in [0.15, 0.2) is 22.9 Å². The Kier molecular flexibility index (Phi) is 7.54. The maximum absolute atomic E-state index is 12.6. The monoisotopic (exact) mass is 480 g/mol. The number of nitrogens with two attached hydrogens (primary N) is 1. The highest BCUT2D eigenvalue weighted by atomic mass is 28.4. The molecule has 0 radical (unpaired) electrons. The average Bonchev–Trinajstić information content (AvgIpc) is 2.94. The first-order chi connectivity index (χ1) is 14.4. The molecule has 4 atom stereocenters. The summed E-state index contributed by atoms with van der Waals surface area (Å²) >= 11 is 0. The first-order valence-corrected chi connectivity index (χ1v) is 16.9. The molecule has 0 saturated carbocycles. The molecule has 1 aliphatic rings. The van der Waals surface area contributed by atoms with Gasteiger partial charge in [0.1, 0.15) is 23.9 Å². The second-order valence-corrected chi connectivity index (χ2v) is 21.2. The molecule has 2 N–H and O–H groups in total. The standard InChI is InChI=1S/C22H40N4O4Si2/c1-21(2,3)31(7,8)28-14-16-15(13-23)18(30-32(9,10)22(4,5)6)19(29-16)26-12-11-17(24)25-20(26)27/h11-12,15-16,18-19H,14H2,1-10H3,(H2,24,25,27). The van der Waals surface area contributed by atoms with Crippen molar-refractivity contribution in [2.75, 3.05) is 12.3 Å². The zero-order valence-corrected chi connectivity index (χ0v) is 23.2. The van der Waals surface area contributed by atoms with Gasteiger partial charge in [-0.1, -0.05) is 41.5 Å². The Hall–Kier alpha value is -1.52. The van der Waals surface area contributed by atoms with Crippen LogP contribution < -0.4 is 11.4 Å². The smallest absolute Gasteiger partial charge is 0.351 e. The van der Waals surface area contributed by atoms with Crippen LogP contribution in [0.15, 0.2) is 17.1 Å². The van der Waals surface area contributed by atoms with E-state index in [2.05, 4.69) is 78.8 Å². The van der Waals surface area contributed by atoms with Crippen LogP contribution >= 0.6 is 0 Å². The van der Waals surface area contributed by atoms with Crippen molar-refractivity contribution < 1.29 is 13.6 Å². The minimum absolute atomic E-state index is 0.0298. The Morgan fingerprint density at radius 1 is 1.16 bits per heavy atom. The molecular formula is C22H40N4O4Si2. The number of ether oxygens (including phenoxy) is 1. The summed E-state index contributed by atoms with van der Waals surface area (Å²) < 4.78 is 20.7. The summed E-state index contributed by atoms with van der Waals surface area (Å²) in [6.07, 6.45) is -0.346. The van der Waals surface area contributed by atoms with Crippen LogP contribution in [0, 0.1) is 17.2 Å². The molecule has 1 aromatic rings. The lowest BCUT2D eigenvalue weighted by Crippen LogP contribution is -2.48. The summed E-state index contributed by atoms with van der Waals surface area (Å²) in [4.78, 5) is 16.5. The molecule has 1 saturated heterocycles. The molecule has 0 aromatic carbocycles. The molecule has 1 fully saturated rings. The fraction of sp³-hybridized carbons (Fsp3) is 0.773. The molecule has 0 spiro atoms. The lowest BCUT2D eigenvalue weighted by atomic mass is 10.0. The van der Waals surface area contributed by atoms with Crippen molar-refractivity contribution in [3.05, 3.63) is 22.7 Å². The number of hydrogen-bond donors (Lipinski definition) is 1. The van der Waals surface area contributed by atoms with Crippen LogP contribution in [0.5, 0.6) is 0 Å². The topological polar surface area (TPSA) is 112 Å². The van der Waals surface area contributed by atoms with E-state index in [0.717, 1.165) is 0 Å². The highest BCUT2D eigenvalue weighted by Crippen LogP contribution is 2.44. The lowest BCUT2D eigenvalue weighted by Gasteiger charge is -2.40. The van der Waals surface area contributed by atoms with Gasteiger partial charge in [-0.3, -0.25) is 4.57 Å². The first kappa shape index (κ1) is 26.7. The Morgan fingerprint density at radius 2 is 1.72 bits per heavy atom. The van der Waals surface area contributed by atoms with Gasteiger partial charge in [-0.05, 0) is 42.3 Å². The molecule has 1 aromatic heterocycles. The molecule has 0 bridgehead atoms. The molecule has 0 aliphatic carbocycles. The van der Waals surface area contributed by atoms with Crippen molar-refractivity contribution in [2.24, 2.45) is 5.92 Å². The van der Waals surface area contributed by atoms with Crippen LogP contribution in [0.2, 0.25) is 36.3 Å². The van der Waals surface area contributed by atoms with Gasteiger partial charge in [0.25, 0.3) is 0 Å². The van der Waals surface area contributed by atoms with Gasteiger partial charge in [-0.15, -0.1) is 0 Å². The highest BCUT2D eigenvalue weighted by molar-refractivity contribution is 6.74. The zero-order valence-electron chi connectivity index (χ0n) is 21.2. The molecule has 4 unspecified atom stereocenters. The van der Waals surface area contributed by atoms with Gasteiger partial charge in [0.2, 0.25) is 0 Å². The fourth-order valence-corrected chi connectivity index (χ4v) is 5.34. The second-order valence-electron chi connectivity index (χ2n) is 11.7. The third-order valence-corrected chi connectivity index (χ3v) is 16.3. The first-order valence-electron chi connectivity index (χ1n) is 11.1. The van der Waals surface area contributed by atoms with Crippen LogP contribution in [-0.2, 0) is 13.6 Å². The highest BCUT2D eigenvalue weighted by Gasteiger charge is 2.52. The van der Waals surface area contributed by atoms with Gasteiger partial charge in [-0.2, -0.15) is 10.2 Å². The molecule has 180 valence electrons. The van der Waals surface area contributed by atoms with E-state index in [1.54, 1.807) is 12.3 Å². The number of aromatic nitrogens is 2. The molecule has 0 amide bonds. The van der Waals surface area contributed by atoms with Crippen LogP contribution in [0.3, 0.4) is 0 Å². The number of nitrogen functional groups attached to an aromatic ring is 1. The van der Waals surface area contributed by atoms with E-state index in [1.165, 1.54) is 4.57 Å². The van der Waals surface area contributed by atoms with E-state index in [1.807, 2.05) is 0 Å². The van der Waals surface area contributed by atoms with Crippen molar-refractivity contribution in [3.8, 4) is 6.07 Å². The average molecular weight is 481 g/mol. The summed E-state index contributed by atoms with van der Waals surface area (Å²) in [5, 5.41) is 10.1. The van der Waals surface area contributed by atoms with E-state index < -0.39 is 46.7 Å². The van der Waals surface area contributed by atoms with Crippen molar-refractivity contribution in [1.29, 1.82) is 5.26 Å². The normalized spacial score (nSPS) is 25.0. The molecular weight excluding hydrogens is 440 g/mol. The fourth-order valence-electron chi connectivity index (χ4n) is 3.03. The Balaban J connectivity index is 2.43. The van der Waals surface area contributed by atoms with Gasteiger partial charge >= 0.3 is 5.69 Å². The van der Waals surface area contributed by atoms with Crippen LogP contribution in [0.1, 0.15) is 47.8 Å². The Bertz CT molecular complexity index is 912. The number of nitriles is 1. The number of nitrogens with zero attached hydrogens (tertiary/aromatic N) is 3. The minimum Gasteiger partial charge on any atom is -0.414 e. The molecule has 1 aliphatic heterocycles. The maximum Gasteiger partial charge on any atom is 0.351 e. The molecule has 2 rings (SSSR count). The zero-order chi connectivity index (χ0) is 24.7. The quantitative estimate of drug-likeness (QED) is 0.605. The number of rotatable bonds is 6. The van der Waals surface area contributed by atoms with Gasteiger partial charge in [0, 0.05) is 6.20 Å². The minimum atomic E-state index is -2.27. The predicted octanol–water partition coefficient (Wildman–Crippen LogP) is 4.27. The summed E-state index contributed by atoms with van der Waals surface area (Å²) in [5.41, 5.74) is 5.15. The summed E-state index contributed by atoms with van der Waals surface area (Å²) in [5.74, 6) is -0.441. The summed E-state index contributed by atoms with van der Waals surface area (Å²) in [7, 11) is -4.33. The number of anilines is 1. The van der Waals surface area contributed by atoms with Crippen LogP contribution in [-0.4, -0.2) is 45.0 Å². The summed E-state index contributed by atoms with van der Waals surface area (Å²) in [6.45, 7) is 21.8.